The molecule has 0 aromatic heterocycles. The first-order chi connectivity index (χ1) is 9.02. The summed E-state index contributed by atoms with van der Waals surface area (Å²) in [7, 11) is -2.04. The van der Waals surface area contributed by atoms with Crippen molar-refractivity contribution < 1.29 is 27.4 Å². The van der Waals surface area contributed by atoms with Crippen LogP contribution in [0.4, 0.5) is 0 Å². The minimum Gasteiger partial charge on any atom is -0.454 e. The van der Waals surface area contributed by atoms with Crippen molar-refractivity contribution in [2.75, 3.05) is 32.0 Å². The van der Waals surface area contributed by atoms with Crippen LogP contribution in [0.1, 0.15) is 10.4 Å². The molecule has 19 heavy (non-hydrogen) atoms. The second-order valence-electron chi connectivity index (χ2n) is 4.08. The molecule has 0 spiro atoms. The molecule has 0 unspecified atom stereocenters. The Balaban J connectivity index is 2.08. The van der Waals surface area contributed by atoms with Crippen molar-refractivity contribution in [1.29, 1.82) is 0 Å². The van der Waals surface area contributed by atoms with Gasteiger partial charge in [0.1, 0.15) is 5.75 Å². The highest BCUT2D eigenvalue weighted by Gasteiger charge is 2.20. The quantitative estimate of drug-likeness (QED) is 0.715. The van der Waals surface area contributed by atoms with E-state index in [0.717, 1.165) is 0 Å². The van der Waals surface area contributed by atoms with Crippen molar-refractivity contribution in [3.63, 3.8) is 0 Å². The molecule has 0 fully saturated rings. The Hall–Kier alpha value is -1.60. The predicted octanol–water partition coefficient (Wildman–Crippen LogP) is 0.659. The minimum atomic E-state index is -3.45. The Kier molecular flexibility index (Phi) is 4.06. The van der Waals surface area contributed by atoms with Crippen LogP contribution < -0.4 is 9.47 Å². The van der Waals surface area contributed by atoms with Gasteiger partial charge in [-0.15, -0.1) is 0 Å². The molecule has 0 aliphatic carbocycles. The molecule has 1 aliphatic rings. The van der Waals surface area contributed by atoms with Gasteiger partial charge in [-0.3, -0.25) is 4.79 Å². The summed E-state index contributed by atoms with van der Waals surface area (Å²) in [6, 6.07) is 4.62. The van der Waals surface area contributed by atoms with E-state index in [-0.39, 0.29) is 19.2 Å². The molecule has 104 valence electrons. The maximum Gasteiger partial charge on any atom is 0.231 e. The largest absolute Gasteiger partial charge is 0.454 e. The SMILES string of the molecule is COCCS(=O)(=O)CC(=O)c1ccc2c(c1)OCO2. The molecule has 1 aromatic carbocycles. The van der Waals surface area contributed by atoms with Gasteiger partial charge < -0.3 is 14.2 Å². The van der Waals surface area contributed by atoms with Crippen LogP contribution in [0.25, 0.3) is 0 Å². The number of benzene rings is 1. The fourth-order valence-electron chi connectivity index (χ4n) is 1.64. The average Bonchev–Trinajstić information content (AvgIpc) is 2.83. The number of carbonyl (C=O) groups excluding carboxylic acids is 1. The van der Waals surface area contributed by atoms with Gasteiger partial charge in [-0.05, 0) is 18.2 Å². The highest BCUT2D eigenvalue weighted by molar-refractivity contribution is 7.92. The first-order valence-corrected chi connectivity index (χ1v) is 7.46. The Labute approximate surface area is 111 Å². The first kappa shape index (κ1) is 13.8. The Morgan fingerprint density at radius 1 is 1.32 bits per heavy atom. The van der Waals surface area contributed by atoms with E-state index < -0.39 is 21.4 Å². The molecule has 0 amide bonds. The molecule has 1 aliphatic heterocycles. The summed E-state index contributed by atoms with van der Waals surface area (Å²) in [6.07, 6.45) is 0. The smallest absolute Gasteiger partial charge is 0.231 e. The second kappa shape index (κ2) is 5.58. The van der Waals surface area contributed by atoms with Crippen LogP contribution >= 0.6 is 0 Å². The minimum absolute atomic E-state index is 0.0801. The monoisotopic (exact) mass is 286 g/mol. The van der Waals surface area contributed by atoms with Crippen molar-refractivity contribution in [2.45, 2.75) is 0 Å². The van der Waals surface area contributed by atoms with Crippen LogP contribution in [-0.2, 0) is 14.6 Å². The highest BCUT2D eigenvalue weighted by atomic mass is 32.2. The van der Waals surface area contributed by atoms with E-state index in [2.05, 4.69) is 0 Å². The third-order valence-corrected chi connectivity index (χ3v) is 4.13. The summed E-state index contributed by atoms with van der Waals surface area (Å²) in [4.78, 5) is 11.9. The number of Topliss-reactive ketones (excluding diaryl/α,β-unsaturated/α-hetero) is 1. The van der Waals surface area contributed by atoms with Gasteiger partial charge in [-0.1, -0.05) is 0 Å². The van der Waals surface area contributed by atoms with Crippen LogP contribution in [0.5, 0.6) is 11.5 Å². The lowest BCUT2D eigenvalue weighted by molar-refractivity contribution is 0.102. The van der Waals surface area contributed by atoms with Crippen molar-refractivity contribution in [1.82, 2.24) is 0 Å². The zero-order chi connectivity index (χ0) is 13.9. The topological polar surface area (TPSA) is 78.9 Å². The van der Waals surface area contributed by atoms with Crippen molar-refractivity contribution >= 4 is 15.6 Å². The Bertz CT molecular complexity index is 578. The van der Waals surface area contributed by atoms with Gasteiger partial charge in [0, 0.05) is 12.7 Å². The molecule has 1 aromatic rings. The molecule has 7 heteroatoms. The normalized spacial score (nSPS) is 13.5. The zero-order valence-electron chi connectivity index (χ0n) is 10.4. The summed E-state index contributed by atoms with van der Waals surface area (Å²) in [5.74, 6) is -0.149. The number of ether oxygens (including phenoxy) is 3. The van der Waals surface area contributed by atoms with Crippen LogP contribution in [0.3, 0.4) is 0 Å². The summed E-state index contributed by atoms with van der Waals surface area (Å²) < 4.78 is 38.3. The van der Waals surface area contributed by atoms with Gasteiger partial charge in [0.2, 0.25) is 6.79 Å². The fraction of sp³-hybridized carbons (Fsp3) is 0.417. The number of hydrogen-bond acceptors (Lipinski definition) is 6. The van der Waals surface area contributed by atoms with E-state index in [9.17, 15) is 13.2 Å². The molecule has 0 saturated heterocycles. The Morgan fingerprint density at radius 2 is 2.05 bits per heavy atom. The summed E-state index contributed by atoms with van der Waals surface area (Å²) in [5, 5.41) is 0. The molecule has 0 atom stereocenters. The Morgan fingerprint density at radius 3 is 2.79 bits per heavy atom. The molecule has 2 rings (SSSR count). The lowest BCUT2D eigenvalue weighted by Crippen LogP contribution is -2.21. The molecule has 0 radical (unpaired) electrons. The van der Waals surface area contributed by atoms with Gasteiger partial charge >= 0.3 is 0 Å². The van der Waals surface area contributed by atoms with E-state index in [4.69, 9.17) is 14.2 Å². The van der Waals surface area contributed by atoms with Gasteiger partial charge in [0.15, 0.2) is 27.1 Å². The van der Waals surface area contributed by atoms with Crippen LogP contribution in [-0.4, -0.2) is 46.2 Å². The second-order valence-corrected chi connectivity index (χ2v) is 6.26. The summed E-state index contributed by atoms with van der Waals surface area (Å²) in [5.41, 5.74) is 0.297. The van der Waals surface area contributed by atoms with E-state index in [1.165, 1.54) is 19.2 Å². The van der Waals surface area contributed by atoms with E-state index in [1.807, 2.05) is 0 Å². The standard InChI is InChI=1S/C12H14O6S/c1-16-4-5-19(14,15)7-10(13)9-2-3-11-12(6-9)18-8-17-11/h2-3,6H,4-5,7-8H2,1H3. The maximum absolute atomic E-state index is 11.9. The van der Waals surface area contributed by atoms with E-state index in [0.29, 0.717) is 17.1 Å². The van der Waals surface area contributed by atoms with Crippen LogP contribution in [0.15, 0.2) is 18.2 Å². The molecule has 1 heterocycles. The van der Waals surface area contributed by atoms with Crippen molar-refractivity contribution in [3.8, 4) is 11.5 Å². The molecular weight excluding hydrogens is 272 g/mol. The van der Waals surface area contributed by atoms with Crippen molar-refractivity contribution in [3.05, 3.63) is 23.8 Å². The number of methoxy groups -OCH3 is 1. The lowest BCUT2D eigenvalue weighted by Gasteiger charge is -2.04. The maximum atomic E-state index is 11.9. The highest BCUT2D eigenvalue weighted by Crippen LogP contribution is 2.32. The van der Waals surface area contributed by atoms with Gasteiger partial charge in [-0.25, -0.2) is 8.42 Å². The number of hydrogen-bond donors (Lipinski definition) is 0. The molecular formula is C12H14O6S. The molecule has 6 nitrogen and oxygen atoms in total. The fourth-order valence-corrected chi connectivity index (χ4v) is 2.77. The predicted molar refractivity (Wildman–Crippen MR) is 67.4 cm³/mol. The average molecular weight is 286 g/mol. The molecule has 0 saturated carbocycles. The third kappa shape index (κ3) is 3.45. The van der Waals surface area contributed by atoms with Gasteiger partial charge in [0.25, 0.3) is 0 Å². The number of fused-ring (bicyclic) bond motifs is 1. The van der Waals surface area contributed by atoms with E-state index in [1.54, 1.807) is 6.07 Å². The summed E-state index contributed by atoms with van der Waals surface area (Å²) in [6.45, 7) is 0.190. The lowest BCUT2D eigenvalue weighted by atomic mass is 10.1. The number of sulfone groups is 1. The third-order valence-electron chi connectivity index (χ3n) is 2.64. The van der Waals surface area contributed by atoms with Crippen molar-refractivity contribution in [2.24, 2.45) is 0 Å². The number of ketones is 1. The molecule has 0 bridgehead atoms. The van der Waals surface area contributed by atoms with Crippen LogP contribution in [0, 0.1) is 0 Å². The zero-order valence-corrected chi connectivity index (χ0v) is 11.2. The van der Waals surface area contributed by atoms with Gasteiger partial charge in [0.05, 0.1) is 12.4 Å². The number of rotatable bonds is 6. The first-order valence-electron chi connectivity index (χ1n) is 5.64. The van der Waals surface area contributed by atoms with E-state index >= 15 is 0 Å². The molecule has 0 N–H and O–H groups in total. The number of carbonyl (C=O) groups is 1. The van der Waals surface area contributed by atoms with Gasteiger partial charge in [-0.2, -0.15) is 0 Å². The van der Waals surface area contributed by atoms with Crippen LogP contribution in [0.2, 0.25) is 0 Å². The summed E-state index contributed by atoms with van der Waals surface area (Å²) >= 11 is 0.